The highest BCUT2D eigenvalue weighted by Crippen LogP contribution is 2.11. The number of hydrogen-bond acceptors (Lipinski definition) is 2. The van der Waals surface area contributed by atoms with Crippen molar-refractivity contribution < 1.29 is 4.79 Å². The minimum Gasteiger partial charge on any atom is -0.352 e. The van der Waals surface area contributed by atoms with Crippen LogP contribution in [-0.4, -0.2) is 22.4 Å². The molecule has 2 N–H and O–H groups in total. The molecule has 1 aromatic heterocycles. The first-order valence-electron chi connectivity index (χ1n) is 6.70. The Balaban J connectivity index is 1.58. The second-order valence-corrected chi connectivity index (χ2v) is 5.15. The highest BCUT2D eigenvalue weighted by Gasteiger charge is 2.06. The number of nitrogens with one attached hydrogen (secondary N) is 2. The average Bonchev–Trinajstić information content (AvgIpc) is 2.90. The number of aromatic amines is 1. The maximum absolute atomic E-state index is 11.9. The number of fused-ring (bicyclic) bond motifs is 1. The quantitative estimate of drug-likeness (QED) is 0.777. The first-order chi connectivity index (χ1) is 10.2. The summed E-state index contributed by atoms with van der Waals surface area (Å²) in [6, 6.07) is 14.7. The van der Waals surface area contributed by atoms with Gasteiger partial charge in [0.15, 0.2) is 0 Å². The van der Waals surface area contributed by atoms with Crippen LogP contribution in [0.5, 0.6) is 0 Å². The van der Waals surface area contributed by atoms with Crippen LogP contribution >= 0.6 is 11.6 Å². The molecule has 4 nitrogen and oxygen atoms in total. The second-order valence-electron chi connectivity index (χ2n) is 4.71. The number of rotatable bonds is 4. The standard InChI is InChI=1S/C16H14ClN3O/c17-12-7-5-11(6-8-12)16(21)18-10-9-15-19-13-3-1-2-4-14(13)20-15/h1-8H,9-10H2,(H,18,21)(H,19,20). The molecule has 3 aromatic rings. The third-order valence-electron chi connectivity index (χ3n) is 3.19. The molecule has 21 heavy (non-hydrogen) atoms. The Morgan fingerprint density at radius 1 is 1.14 bits per heavy atom. The minimum absolute atomic E-state index is 0.109. The summed E-state index contributed by atoms with van der Waals surface area (Å²) in [7, 11) is 0. The molecule has 1 heterocycles. The van der Waals surface area contributed by atoms with Crippen molar-refractivity contribution in [3.8, 4) is 0 Å². The van der Waals surface area contributed by atoms with Gasteiger partial charge >= 0.3 is 0 Å². The summed E-state index contributed by atoms with van der Waals surface area (Å²) in [6.07, 6.45) is 0.661. The molecule has 0 saturated carbocycles. The molecule has 2 aromatic carbocycles. The van der Waals surface area contributed by atoms with Crippen molar-refractivity contribution in [1.82, 2.24) is 15.3 Å². The molecule has 5 heteroatoms. The monoisotopic (exact) mass is 299 g/mol. The van der Waals surface area contributed by atoms with Crippen LogP contribution < -0.4 is 5.32 Å². The first kappa shape index (κ1) is 13.6. The van der Waals surface area contributed by atoms with Gasteiger partial charge in [-0.05, 0) is 36.4 Å². The predicted octanol–water partition coefficient (Wildman–Crippen LogP) is 3.19. The van der Waals surface area contributed by atoms with Gasteiger partial charge in [-0.15, -0.1) is 0 Å². The molecule has 0 radical (unpaired) electrons. The third kappa shape index (κ3) is 3.23. The molecule has 0 aliphatic carbocycles. The zero-order chi connectivity index (χ0) is 14.7. The van der Waals surface area contributed by atoms with Gasteiger partial charge in [0.25, 0.3) is 5.91 Å². The van der Waals surface area contributed by atoms with E-state index in [-0.39, 0.29) is 5.91 Å². The maximum atomic E-state index is 11.9. The van der Waals surface area contributed by atoms with Crippen LogP contribution in [0.3, 0.4) is 0 Å². The molecule has 0 fully saturated rings. The summed E-state index contributed by atoms with van der Waals surface area (Å²) in [5.41, 5.74) is 2.55. The highest BCUT2D eigenvalue weighted by molar-refractivity contribution is 6.30. The van der Waals surface area contributed by atoms with E-state index in [0.717, 1.165) is 16.9 Å². The molecule has 3 rings (SSSR count). The Morgan fingerprint density at radius 3 is 2.67 bits per heavy atom. The predicted molar refractivity (Wildman–Crippen MR) is 83.6 cm³/mol. The molecule has 0 saturated heterocycles. The van der Waals surface area contributed by atoms with Gasteiger partial charge in [0.05, 0.1) is 11.0 Å². The number of para-hydroxylation sites is 2. The lowest BCUT2D eigenvalue weighted by Gasteiger charge is -2.04. The van der Waals surface area contributed by atoms with Crippen LogP contribution in [0.1, 0.15) is 16.2 Å². The highest BCUT2D eigenvalue weighted by atomic mass is 35.5. The maximum Gasteiger partial charge on any atom is 0.251 e. The molecule has 0 atom stereocenters. The first-order valence-corrected chi connectivity index (χ1v) is 7.07. The van der Waals surface area contributed by atoms with Crippen LogP contribution in [0.15, 0.2) is 48.5 Å². The molecule has 0 bridgehead atoms. The van der Waals surface area contributed by atoms with Gasteiger partial charge in [-0.2, -0.15) is 0 Å². The zero-order valence-corrected chi connectivity index (χ0v) is 12.0. The summed E-state index contributed by atoms with van der Waals surface area (Å²) >= 11 is 5.80. The van der Waals surface area contributed by atoms with Gasteiger partial charge in [-0.1, -0.05) is 23.7 Å². The van der Waals surface area contributed by atoms with Gasteiger partial charge < -0.3 is 10.3 Å². The molecule has 0 unspecified atom stereocenters. The lowest BCUT2D eigenvalue weighted by molar-refractivity contribution is 0.0954. The van der Waals surface area contributed by atoms with Crippen molar-refractivity contribution in [2.24, 2.45) is 0 Å². The molecule has 1 amide bonds. The number of halogens is 1. The van der Waals surface area contributed by atoms with Crippen molar-refractivity contribution in [1.29, 1.82) is 0 Å². The number of benzene rings is 2. The number of H-pyrrole nitrogens is 1. The summed E-state index contributed by atoms with van der Waals surface area (Å²) < 4.78 is 0. The van der Waals surface area contributed by atoms with Crippen LogP contribution in [-0.2, 0) is 6.42 Å². The van der Waals surface area contributed by atoms with Gasteiger partial charge in [0, 0.05) is 23.6 Å². The van der Waals surface area contributed by atoms with Crippen molar-refractivity contribution >= 4 is 28.5 Å². The Kier molecular flexibility index (Phi) is 3.88. The van der Waals surface area contributed by atoms with E-state index >= 15 is 0 Å². The normalized spacial score (nSPS) is 10.7. The van der Waals surface area contributed by atoms with Gasteiger partial charge in [0.2, 0.25) is 0 Å². The molecule has 0 aliphatic rings. The fourth-order valence-electron chi connectivity index (χ4n) is 2.12. The summed E-state index contributed by atoms with van der Waals surface area (Å²) in [5, 5.41) is 3.49. The van der Waals surface area contributed by atoms with Gasteiger partial charge in [-0.25, -0.2) is 4.98 Å². The van der Waals surface area contributed by atoms with E-state index in [0.29, 0.717) is 23.6 Å². The van der Waals surface area contributed by atoms with E-state index in [1.165, 1.54) is 0 Å². The fraction of sp³-hybridized carbons (Fsp3) is 0.125. The lowest BCUT2D eigenvalue weighted by atomic mass is 10.2. The number of nitrogens with zero attached hydrogens (tertiary/aromatic N) is 1. The lowest BCUT2D eigenvalue weighted by Crippen LogP contribution is -2.25. The van der Waals surface area contributed by atoms with Crippen LogP contribution in [0.25, 0.3) is 11.0 Å². The smallest absolute Gasteiger partial charge is 0.251 e. The topological polar surface area (TPSA) is 57.8 Å². The van der Waals surface area contributed by atoms with Gasteiger partial charge in [-0.3, -0.25) is 4.79 Å². The molecule has 0 aliphatic heterocycles. The van der Waals surface area contributed by atoms with E-state index in [4.69, 9.17) is 11.6 Å². The zero-order valence-electron chi connectivity index (χ0n) is 11.3. The van der Waals surface area contributed by atoms with Crippen LogP contribution in [0.4, 0.5) is 0 Å². The third-order valence-corrected chi connectivity index (χ3v) is 3.44. The minimum atomic E-state index is -0.109. The Hall–Kier alpha value is -2.33. The number of imidazole rings is 1. The Bertz CT molecular complexity index is 732. The van der Waals surface area contributed by atoms with Gasteiger partial charge in [0.1, 0.15) is 5.82 Å². The second kappa shape index (κ2) is 5.97. The molecule has 106 valence electrons. The van der Waals surface area contributed by atoms with E-state index in [1.54, 1.807) is 24.3 Å². The summed E-state index contributed by atoms with van der Waals surface area (Å²) in [4.78, 5) is 19.6. The summed E-state index contributed by atoms with van der Waals surface area (Å²) in [6.45, 7) is 0.529. The molecular weight excluding hydrogens is 286 g/mol. The van der Waals surface area contributed by atoms with Crippen molar-refractivity contribution in [3.63, 3.8) is 0 Å². The van der Waals surface area contributed by atoms with Crippen molar-refractivity contribution in [2.75, 3.05) is 6.54 Å². The van der Waals surface area contributed by atoms with Crippen LogP contribution in [0, 0.1) is 0 Å². The Labute approximate surface area is 127 Å². The van der Waals surface area contributed by atoms with Crippen molar-refractivity contribution in [2.45, 2.75) is 6.42 Å². The van der Waals surface area contributed by atoms with Crippen molar-refractivity contribution in [3.05, 3.63) is 64.9 Å². The van der Waals surface area contributed by atoms with E-state index in [2.05, 4.69) is 15.3 Å². The largest absolute Gasteiger partial charge is 0.352 e. The fourth-order valence-corrected chi connectivity index (χ4v) is 2.25. The number of carbonyl (C=O) groups is 1. The van der Waals surface area contributed by atoms with Crippen LogP contribution in [0.2, 0.25) is 5.02 Å². The van der Waals surface area contributed by atoms with E-state index in [9.17, 15) is 4.79 Å². The van der Waals surface area contributed by atoms with E-state index < -0.39 is 0 Å². The molecular formula is C16H14ClN3O. The number of hydrogen-bond donors (Lipinski definition) is 2. The number of amides is 1. The summed E-state index contributed by atoms with van der Waals surface area (Å²) in [5.74, 6) is 0.760. The average molecular weight is 300 g/mol. The number of aromatic nitrogens is 2. The SMILES string of the molecule is O=C(NCCc1nc2ccccc2[nH]1)c1ccc(Cl)cc1. The number of carbonyl (C=O) groups excluding carboxylic acids is 1. The molecule has 0 spiro atoms. The van der Waals surface area contributed by atoms with E-state index in [1.807, 2.05) is 24.3 Å². The Morgan fingerprint density at radius 2 is 1.90 bits per heavy atom.